The van der Waals surface area contributed by atoms with Gasteiger partial charge in [-0.2, -0.15) is 0 Å². The Bertz CT molecular complexity index is 836. The SMILES string of the molecule is Cc1ncsc1CCNC(=O)c1c(NC(=O)C2CC2)sc2c1CCCC2. The fourth-order valence-electron chi connectivity index (χ4n) is 3.40. The van der Waals surface area contributed by atoms with Gasteiger partial charge in [0.05, 0.1) is 16.8 Å². The minimum atomic E-state index is -0.0577. The average Bonchev–Trinajstić information content (AvgIpc) is 3.31. The summed E-state index contributed by atoms with van der Waals surface area (Å²) in [5.74, 6) is 0.148. The first-order chi connectivity index (χ1) is 12.6. The number of nitrogens with zero attached hydrogens (tertiary/aromatic N) is 1. The van der Waals surface area contributed by atoms with Crippen molar-refractivity contribution in [1.82, 2.24) is 10.3 Å². The zero-order valence-electron chi connectivity index (χ0n) is 14.9. The lowest BCUT2D eigenvalue weighted by Crippen LogP contribution is -2.28. The van der Waals surface area contributed by atoms with Crippen LogP contribution in [0.25, 0.3) is 0 Å². The molecular weight excluding hydrogens is 366 g/mol. The number of nitrogens with one attached hydrogen (secondary N) is 2. The minimum absolute atomic E-state index is 0.0577. The van der Waals surface area contributed by atoms with Crippen LogP contribution in [-0.4, -0.2) is 23.3 Å². The van der Waals surface area contributed by atoms with Crippen LogP contribution in [0.15, 0.2) is 5.51 Å². The van der Waals surface area contributed by atoms with Crippen molar-refractivity contribution in [3.63, 3.8) is 0 Å². The predicted octanol–water partition coefficient (Wildman–Crippen LogP) is 3.71. The lowest BCUT2D eigenvalue weighted by atomic mass is 9.95. The summed E-state index contributed by atoms with van der Waals surface area (Å²) in [5, 5.41) is 6.84. The first-order valence-electron chi connectivity index (χ1n) is 9.26. The van der Waals surface area contributed by atoms with Gasteiger partial charge in [0.1, 0.15) is 5.00 Å². The molecule has 4 rings (SSSR count). The van der Waals surface area contributed by atoms with Gasteiger partial charge in [0.15, 0.2) is 0 Å². The Balaban J connectivity index is 1.49. The van der Waals surface area contributed by atoms with Crippen molar-refractivity contribution in [2.24, 2.45) is 5.92 Å². The molecule has 0 atom stereocenters. The third-order valence-electron chi connectivity index (χ3n) is 5.07. The van der Waals surface area contributed by atoms with Crippen LogP contribution < -0.4 is 10.6 Å². The van der Waals surface area contributed by atoms with Crippen LogP contribution in [0.4, 0.5) is 5.00 Å². The van der Waals surface area contributed by atoms with E-state index in [-0.39, 0.29) is 17.7 Å². The molecule has 2 heterocycles. The number of hydrogen-bond acceptors (Lipinski definition) is 5. The molecule has 2 amide bonds. The molecule has 0 aliphatic heterocycles. The van der Waals surface area contributed by atoms with Gasteiger partial charge >= 0.3 is 0 Å². The zero-order chi connectivity index (χ0) is 18.1. The molecule has 7 heteroatoms. The Morgan fingerprint density at radius 1 is 1.27 bits per heavy atom. The van der Waals surface area contributed by atoms with E-state index < -0.39 is 0 Å². The molecule has 1 saturated carbocycles. The summed E-state index contributed by atoms with van der Waals surface area (Å²) in [7, 11) is 0. The van der Waals surface area contributed by atoms with Gasteiger partial charge < -0.3 is 10.6 Å². The fourth-order valence-corrected chi connectivity index (χ4v) is 5.47. The van der Waals surface area contributed by atoms with Crippen LogP contribution in [-0.2, 0) is 24.1 Å². The van der Waals surface area contributed by atoms with Crippen LogP contribution in [0.2, 0.25) is 0 Å². The summed E-state index contributed by atoms with van der Waals surface area (Å²) in [6.07, 6.45) is 6.94. The number of amides is 2. The largest absolute Gasteiger partial charge is 0.352 e. The summed E-state index contributed by atoms with van der Waals surface area (Å²) in [4.78, 5) is 31.9. The predicted molar refractivity (Wildman–Crippen MR) is 105 cm³/mol. The van der Waals surface area contributed by atoms with Crippen molar-refractivity contribution in [2.45, 2.75) is 51.9 Å². The maximum Gasteiger partial charge on any atom is 0.254 e. The van der Waals surface area contributed by atoms with E-state index >= 15 is 0 Å². The summed E-state index contributed by atoms with van der Waals surface area (Å²) >= 11 is 3.22. The number of aromatic nitrogens is 1. The fraction of sp³-hybridized carbons (Fsp3) is 0.526. The normalized spacial score (nSPS) is 16.2. The van der Waals surface area contributed by atoms with E-state index in [4.69, 9.17) is 0 Å². The Hall–Kier alpha value is -1.73. The number of carbonyl (C=O) groups is 2. The highest BCUT2D eigenvalue weighted by Gasteiger charge is 2.32. The number of rotatable bonds is 6. The van der Waals surface area contributed by atoms with Gasteiger partial charge in [-0.05, 0) is 51.0 Å². The maximum atomic E-state index is 12.9. The molecular formula is C19H23N3O2S2. The topological polar surface area (TPSA) is 71.1 Å². The van der Waals surface area contributed by atoms with Crippen molar-refractivity contribution in [3.05, 3.63) is 32.1 Å². The van der Waals surface area contributed by atoms with Gasteiger partial charge in [0.2, 0.25) is 5.91 Å². The van der Waals surface area contributed by atoms with Gasteiger partial charge in [-0.15, -0.1) is 22.7 Å². The molecule has 1 fully saturated rings. The van der Waals surface area contributed by atoms with Gasteiger partial charge in [0, 0.05) is 28.6 Å². The first-order valence-corrected chi connectivity index (χ1v) is 11.0. The van der Waals surface area contributed by atoms with Crippen LogP contribution in [0.1, 0.15) is 57.1 Å². The van der Waals surface area contributed by atoms with E-state index in [1.165, 1.54) is 9.75 Å². The Morgan fingerprint density at radius 3 is 2.81 bits per heavy atom. The third kappa shape index (κ3) is 3.69. The van der Waals surface area contributed by atoms with Crippen LogP contribution in [0, 0.1) is 12.8 Å². The Kier molecular flexibility index (Phi) is 5.09. The van der Waals surface area contributed by atoms with Crippen molar-refractivity contribution in [3.8, 4) is 0 Å². The highest BCUT2D eigenvalue weighted by Crippen LogP contribution is 2.39. The van der Waals surface area contributed by atoms with Crippen LogP contribution in [0.5, 0.6) is 0 Å². The highest BCUT2D eigenvalue weighted by molar-refractivity contribution is 7.17. The monoisotopic (exact) mass is 389 g/mol. The molecule has 5 nitrogen and oxygen atoms in total. The molecule has 26 heavy (non-hydrogen) atoms. The number of aryl methyl sites for hydroxylation is 2. The van der Waals surface area contributed by atoms with E-state index in [0.717, 1.165) is 61.2 Å². The van der Waals surface area contributed by atoms with Crippen molar-refractivity contribution in [2.75, 3.05) is 11.9 Å². The zero-order valence-corrected chi connectivity index (χ0v) is 16.5. The smallest absolute Gasteiger partial charge is 0.254 e. The summed E-state index contributed by atoms with van der Waals surface area (Å²) in [6, 6.07) is 0. The molecule has 0 bridgehead atoms. The third-order valence-corrected chi connectivity index (χ3v) is 7.27. The van der Waals surface area contributed by atoms with Gasteiger partial charge in [0.25, 0.3) is 5.91 Å². The Labute approximate surface area is 161 Å². The average molecular weight is 390 g/mol. The molecule has 2 aromatic heterocycles. The van der Waals surface area contributed by atoms with Crippen molar-refractivity contribution in [1.29, 1.82) is 0 Å². The minimum Gasteiger partial charge on any atom is -0.352 e. The summed E-state index contributed by atoms with van der Waals surface area (Å²) in [5.41, 5.74) is 4.74. The lowest BCUT2D eigenvalue weighted by molar-refractivity contribution is -0.117. The van der Waals surface area contributed by atoms with Crippen LogP contribution >= 0.6 is 22.7 Å². The number of anilines is 1. The van der Waals surface area contributed by atoms with Crippen LogP contribution in [0.3, 0.4) is 0 Å². The van der Waals surface area contributed by atoms with Crippen molar-refractivity contribution >= 4 is 39.5 Å². The number of hydrogen-bond donors (Lipinski definition) is 2. The second-order valence-electron chi connectivity index (χ2n) is 7.05. The number of thiophene rings is 1. The molecule has 2 aliphatic carbocycles. The molecule has 0 radical (unpaired) electrons. The quantitative estimate of drug-likeness (QED) is 0.791. The standard InChI is InChI=1S/C19H23N3O2S2/c1-11-14(25-10-21-11)8-9-20-18(24)16-13-4-2-3-5-15(13)26-19(16)22-17(23)12-6-7-12/h10,12H,2-9H2,1H3,(H,20,24)(H,22,23). The van der Waals surface area contributed by atoms with Crippen molar-refractivity contribution < 1.29 is 9.59 Å². The maximum absolute atomic E-state index is 12.9. The molecule has 0 aromatic carbocycles. The summed E-state index contributed by atoms with van der Waals surface area (Å²) < 4.78 is 0. The van der Waals surface area contributed by atoms with Gasteiger partial charge in [-0.3, -0.25) is 9.59 Å². The van der Waals surface area contributed by atoms with Gasteiger partial charge in [-0.25, -0.2) is 4.98 Å². The van der Waals surface area contributed by atoms with E-state index in [0.29, 0.717) is 12.1 Å². The molecule has 2 aromatic rings. The number of fused-ring (bicyclic) bond motifs is 1. The second kappa shape index (κ2) is 7.48. The molecule has 0 unspecified atom stereocenters. The van der Waals surface area contributed by atoms with E-state index in [9.17, 15) is 9.59 Å². The van der Waals surface area contributed by atoms with E-state index in [2.05, 4.69) is 15.6 Å². The molecule has 138 valence electrons. The van der Waals surface area contributed by atoms with E-state index in [1.54, 1.807) is 22.7 Å². The first kappa shape index (κ1) is 17.7. The number of carbonyl (C=O) groups excluding carboxylic acids is 2. The van der Waals surface area contributed by atoms with Gasteiger partial charge in [-0.1, -0.05) is 0 Å². The second-order valence-corrected chi connectivity index (χ2v) is 9.09. The molecule has 2 N–H and O–H groups in total. The number of thiazole rings is 1. The van der Waals surface area contributed by atoms with E-state index in [1.807, 2.05) is 12.4 Å². The molecule has 0 saturated heterocycles. The molecule has 0 spiro atoms. The lowest BCUT2D eigenvalue weighted by Gasteiger charge is -2.13. The molecule has 2 aliphatic rings. The summed E-state index contributed by atoms with van der Waals surface area (Å²) in [6.45, 7) is 2.58. The Morgan fingerprint density at radius 2 is 2.08 bits per heavy atom. The highest BCUT2D eigenvalue weighted by atomic mass is 32.1.